The minimum Gasteiger partial charge on any atom is -0.461 e. The molecule has 5 nitrogen and oxygen atoms in total. The van der Waals surface area contributed by atoms with E-state index in [1.807, 2.05) is 6.92 Å². The molecule has 100 valence electrons. The number of nitrogens with one attached hydrogen (secondary N) is 1. The first-order valence-corrected chi connectivity index (χ1v) is 6.12. The quantitative estimate of drug-likeness (QED) is 0.817. The van der Waals surface area contributed by atoms with Crippen molar-refractivity contribution in [3.05, 3.63) is 22.5 Å². The van der Waals surface area contributed by atoms with Crippen LogP contribution >= 0.6 is 0 Å². The molecule has 0 spiro atoms. The van der Waals surface area contributed by atoms with Gasteiger partial charge >= 0.3 is 11.9 Å². The molecule has 0 bridgehead atoms. The van der Waals surface area contributed by atoms with Gasteiger partial charge in [-0.05, 0) is 38.3 Å². The van der Waals surface area contributed by atoms with E-state index in [1.54, 1.807) is 20.8 Å². The maximum atomic E-state index is 11.8. The summed E-state index contributed by atoms with van der Waals surface area (Å²) in [6.07, 6.45) is 0.649. The Hall–Kier alpha value is -1.78. The molecule has 0 unspecified atom stereocenters. The molecule has 0 aliphatic rings. The second-order valence-corrected chi connectivity index (χ2v) is 3.77. The first kappa shape index (κ1) is 14.3. The van der Waals surface area contributed by atoms with Crippen molar-refractivity contribution in [3.8, 4) is 0 Å². The lowest BCUT2D eigenvalue weighted by molar-refractivity contribution is 0.0515. The summed E-state index contributed by atoms with van der Waals surface area (Å²) in [7, 11) is 0. The highest BCUT2D eigenvalue weighted by Gasteiger charge is 2.23. The van der Waals surface area contributed by atoms with Crippen LogP contribution in [0.25, 0.3) is 0 Å². The lowest BCUT2D eigenvalue weighted by atomic mass is 10.1. The van der Waals surface area contributed by atoms with E-state index in [9.17, 15) is 9.59 Å². The van der Waals surface area contributed by atoms with Crippen LogP contribution in [-0.2, 0) is 15.9 Å². The van der Waals surface area contributed by atoms with E-state index in [0.717, 1.165) is 11.1 Å². The van der Waals surface area contributed by atoms with Crippen molar-refractivity contribution in [1.82, 2.24) is 4.98 Å². The molecule has 1 aromatic rings. The van der Waals surface area contributed by atoms with Crippen molar-refractivity contribution in [2.24, 2.45) is 0 Å². The third-order valence-corrected chi connectivity index (χ3v) is 2.69. The number of carbonyl (C=O) groups is 2. The van der Waals surface area contributed by atoms with Crippen LogP contribution in [0.1, 0.15) is 52.9 Å². The molecule has 0 aromatic carbocycles. The summed E-state index contributed by atoms with van der Waals surface area (Å²) >= 11 is 0. The Morgan fingerprint density at radius 2 is 1.50 bits per heavy atom. The summed E-state index contributed by atoms with van der Waals surface area (Å²) in [6.45, 7) is 7.80. The molecular weight excluding hydrogens is 234 g/mol. The second-order valence-electron chi connectivity index (χ2n) is 3.77. The number of rotatable bonds is 5. The van der Waals surface area contributed by atoms with Gasteiger partial charge in [0.05, 0.1) is 13.2 Å². The molecule has 1 rings (SSSR count). The van der Waals surface area contributed by atoms with Crippen LogP contribution < -0.4 is 0 Å². The van der Waals surface area contributed by atoms with Gasteiger partial charge < -0.3 is 14.5 Å². The van der Waals surface area contributed by atoms with E-state index in [0.29, 0.717) is 31.0 Å². The molecule has 0 fully saturated rings. The molecular formula is C13H19NO4. The van der Waals surface area contributed by atoms with Gasteiger partial charge in [-0.25, -0.2) is 9.59 Å². The molecule has 0 aliphatic heterocycles. The van der Waals surface area contributed by atoms with Crippen LogP contribution in [0, 0.1) is 6.92 Å². The maximum absolute atomic E-state index is 11.8. The van der Waals surface area contributed by atoms with Crippen molar-refractivity contribution in [2.75, 3.05) is 13.2 Å². The largest absolute Gasteiger partial charge is 0.461 e. The summed E-state index contributed by atoms with van der Waals surface area (Å²) in [5.74, 6) is -0.881. The molecule has 0 amide bonds. The van der Waals surface area contributed by atoms with Crippen LogP contribution in [0.5, 0.6) is 0 Å². The van der Waals surface area contributed by atoms with Crippen LogP contribution in [0.15, 0.2) is 0 Å². The number of H-pyrrole nitrogens is 1. The predicted molar refractivity (Wildman–Crippen MR) is 66.8 cm³/mol. The number of ether oxygens (including phenoxy) is 2. The van der Waals surface area contributed by atoms with Crippen LogP contribution in [0.4, 0.5) is 0 Å². The molecule has 1 heterocycles. The zero-order valence-electron chi connectivity index (χ0n) is 11.3. The van der Waals surface area contributed by atoms with Crippen LogP contribution in [-0.4, -0.2) is 30.1 Å². The first-order chi connectivity index (χ1) is 8.56. The first-order valence-electron chi connectivity index (χ1n) is 6.12. The Morgan fingerprint density at radius 1 is 1.00 bits per heavy atom. The third kappa shape index (κ3) is 2.72. The monoisotopic (exact) mass is 253 g/mol. The zero-order chi connectivity index (χ0) is 13.7. The van der Waals surface area contributed by atoms with Gasteiger partial charge in [0.25, 0.3) is 0 Å². The van der Waals surface area contributed by atoms with Crippen molar-refractivity contribution in [2.45, 2.75) is 34.1 Å². The molecule has 18 heavy (non-hydrogen) atoms. The van der Waals surface area contributed by atoms with Crippen molar-refractivity contribution in [3.63, 3.8) is 0 Å². The average Bonchev–Trinajstić information content (AvgIpc) is 2.67. The minimum absolute atomic E-state index is 0.299. The fourth-order valence-corrected chi connectivity index (χ4v) is 1.86. The summed E-state index contributed by atoms with van der Waals surface area (Å²) in [5.41, 5.74) is 2.23. The topological polar surface area (TPSA) is 68.4 Å². The van der Waals surface area contributed by atoms with E-state index in [2.05, 4.69) is 4.98 Å². The number of carbonyl (C=O) groups excluding carboxylic acids is 2. The van der Waals surface area contributed by atoms with Gasteiger partial charge in [-0.3, -0.25) is 0 Å². The predicted octanol–water partition coefficient (Wildman–Crippen LogP) is 2.24. The van der Waals surface area contributed by atoms with E-state index in [-0.39, 0.29) is 0 Å². The lowest BCUT2D eigenvalue weighted by Gasteiger charge is -2.01. The summed E-state index contributed by atoms with van der Waals surface area (Å²) < 4.78 is 9.90. The minimum atomic E-state index is -0.444. The Bertz CT molecular complexity index is 448. The second kappa shape index (κ2) is 6.23. The average molecular weight is 253 g/mol. The SMILES string of the molecule is CCOC(=O)c1[nH]c(C(=O)OCC)c(CC)c1C. The number of aromatic amines is 1. The number of hydrogen-bond acceptors (Lipinski definition) is 4. The van der Waals surface area contributed by atoms with E-state index < -0.39 is 11.9 Å². The molecule has 0 saturated heterocycles. The highest BCUT2D eigenvalue weighted by atomic mass is 16.5. The Morgan fingerprint density at radius 3 is 1.94 bits per heavy atom. The van der Waals surface area contributed by atoms with E-state index in [4.69, 9.17) is 9.47 Å². The molecule has 0 saturated carbocycles. The van der Waals surface area contributed by atoms with Crippen LogP contribution in [0.3, 0.4) is 0 Å². The van der Waals surface area contributed by atoms with Gasteiger partial charge in [0, 0.05) is 0 Å². The molecule has 0 radical (unpaired) electrons. The number of esters is 2. The van der Waals surface area contributed by atoms with Gasteiger partial charge in [-0.1, -0.05) is 6.92 Å². The summed E-state index contributed by atoms with van der Waals surface area (Å²) in [5, 5.41) is 0. The zero-order valence-corrected chi connectivity index (χ0v) is 11.3. The normalized spacial score (nSPS) is 10.2. The van der Waals surface area contributed by atoms with Gasteiger partial charge in [-0.15, -0.1) is 0 Å². The van der Waals surface area contributed by atoms with Gasteiger partial charge in [0.1, 0.15) is 11.4 Å². The lowest BCUT2D eigenvalue weighted by Crippen LogP contribution is -2.09. The number of aromatic nitrogens is 1. The molecule has 1 N–H and O–H groups in total. The van der Waals surface area contributed by atoms with Crippen molar-refractivity contribution in [1.29, 1.82) is 0 Å². The van der Waals surface area contributed by atoms with Crippen molar-refractivity contribution >= 4 is 11.9 Å². The van der Waals surface area contributed by atoms with Crippen molar-refractivity contribution < 1.29 is 19.1 Å². The highest BCUT2D eigenvalue weighted by Crippen LogP contribution is 2.20. The van der Waals surface area contributed by atoms with E-state index in [1.165, 1.54) is 0 Å². The standard InChI is InChI=1S/C13H19NO4/c1-5-9-8(4)10(12(15)17-6-2)14-11(9)13(16)18-7-3/h14H,5-7H2,1-4H3. The fraction of sp³-hybridized carbons (Fsp3) is 0.538. The molecule has 0 atom stereocenters. The summed E-state index contributed by atoms with van der Waals surface area (Å²) in [4.78, 5) is 26.3. The molecule has 0 aliphatic carbocycles. The molecule has 1 aromatic heterocycles. The van der Waals surface area contributed by atoms with Gasteiger partial charge in [-0.2, -0.15) is 0 Å². The third-order valence-electron chi connectivity index (χ3n) is 2.69. The summed E-state index contributed by atoms with van der Waals surface area (Å²) in [6, 6.07) is 0. The maximum Gasteiger partial charge on any atom is 0.355 e. The van der Waals surface area contributed by atoms with E-state index >= 15 is 0 Å². The highest BCUT2D eigenvalue weighted by molar-refractivity contribution is 5.95. The Balaban J connectivity index is 3.16. The fourth-order valence-electron chi connectivity index (χ4n) is 1.86. The molecule has 5 heteroatoms. The smallest absolute Gasteiger partial charge is 0.355 e. The Labute approximate surface area is 106 Å². The van der Waals surface area contributed by atoms with Crippen LogP contribution in [0.2, 0.25) is 0 Å². The van der Waals surface area contributed by atoms with Gasteiger partial charge in [0.2, 0.25) is 0 Å². The van der Waals surface area contributed by atoms with Gasteiger partial charge in [0.15, 0.2) is 0 Å². The Kier molecular flexibility index (Phi) is 4.95. The number of hydrogen-bond donors (Lipinski definition) is 1.